The maximum absolute atomic E-state index is 10.8. The quantitative estimate of drug-likeness (QED) is 0.455. The van der Waals surface area contributed by atoms with Crippen LogP contribution < -0.4 is 0 Å². The summed E-state index contributed by atoms with van der Waals surface area (Å²) in [6, 6.07) is 9.65. The van der Waals surface area contributed by atoms with Gasteiger partial charge < -0.3 is 5.11 Å². The lowest BCUT2D eigenvalue weighted by Gasteiger charge is -1.99. The molecule has 0 radical (unpaired) electrons. The first kappa shape index (κ1) is 13.1. The molecular weight excluding hydrogens is 292 g/mol. The molecule has 1 heterocycles. The average molecular weight is 300 g/mol. The van der Waals surface area contributed by atoms with Crippen LogP contribution in [0, 0.1) is 10.1 Å². The largest absolute Gasteiger partial charge is 0.502 e. The minimum Gasteiger partial charge on any atom is -0.502 e. The number of hydrogen-bond acceptors (Lipinski definition) is 7. The zero-order chi connectivity index (χ0) is 14.8. The summed E-state index contributed by atoms with van der Waals surface area (Å²) >= 11 is 1.09. The molecule has 104 valence electrons. The highest BCUT2D eigenvalue weighted by atomic mass is 32.1. The van der Waals surface area contributed by atoms with Crippen molar-refractivity contribution in [3.63, 3.8) is 0 Å². The van der Waals surface area contributed by atoms with E-state index in [0.717, 1.165) is 17.2 Å². The van der Waals surface area contributed by atoms with Gasteiger partial charge in [0.15, 0.2) is 0 Å². The second-order valence-electron chi connectivity index (χ2n) is 4.14. The van der Waals surface area contributed by atoms with E-state index in [2.05, 4.69) is 13.7 Å². The number of benzene rings is 2. The molecule has 0 fully saturated rings. The Labute approximate surface area is 122 Å². The summed E-state index contributed by atoms with van der Waals surface area (Å²) in [5, 5.41) is 20.6. The van der Waals surface area contributed by atoms with E-state index in [9.17, 15) is 15.2 Å². The number of aliphatic imine (C=N–C) groups is 1. The number of nitro groups is 1. The van der Waals surface area contributed by atoms with E-state index in [0.29, 0.717) is 11.2 Å². The summed E-state index contributed by atoms with van der Waals surface area (Å²) in [4.78, 5) is 14.4. The monoisotopic (exact) mass is 300 g/mol. The fourth-order valence-electron chi connectivity index (χ4n) is 1.84. The van der Waals surface area contributed by atoms with Crippen molar-refractivity contribution < 1.29 is 10.0 Å². The molecule has 0 unspecified atom stereocenters. The normalized spacial score (nSPS) is 11.2. The predicted octanol–water partition coefficient (Wildman–Crippen LogP) is 3.06. The number of aromatic hydroxyl groups is 1. The smallest absolute Gasteiger partial charge is 0.311 e. The number of nitro benzene ring substituents is 1. The Morgan fingerprint density at radius 1 is 1.24 bits per heavy atom. The van der Waals surface area contributed by atoms with Crippen LogP contribution in [0.15, 0.2) is 41.4 Å². The maximum Gasteiger partial charge on any atom is 0.311 e. The van der Waals surface area contributed by atoms with Crippen LogP contribution in [0.25, 0.3) is 11.0 Å². The first-order valence-corrected chi connectivity index (χ1v) is 6.61. The first-order chi connectivity index (χ1) is 10.2. The molecule has 21 heavy (non-hydrogen) atoms. The molecule has 0 saturated carbocycles. The van der Waals surface area contributed by atoms with Crippen molar-refractivity contribution in [1.82, 2.24) is 8.75 Å². The Morgan fingerprint density at radius 3 is 2.86 bits per heavy atom. The molecule has 0 atom stereocenters. The van der Waals surface area contributed by atoms with Crippen molar-refractivity contribution in [2.75, 3.05) is 0 Å². The lowest BCUT2D eigenvalue weighted by molar-refractivity contribution is -0.385. The topological polar surface area (TPSA) is 102 Å². The van der Waals surface area contributed by atoms with Gasteiger partial charge in [-0.05, 0) is 18.2 Å². The molecule has 0 saturated heterocycles. The van der Waals surface area contributed by atoms with Gasteiger partial charge in [0.2, 0.25) is 5.75 Å². The van der Waals surface area contributed by atoms with Crippen LogP contribution in [0.2, 0.25) is 0 Å². The zero-order valence-corrected chi connectivity index (χ0v) is 11.3. The number of aromatic nitrogens is 2. The minimum absolute atomic E-state index is 0.268. The van der Waals surface area contributed by atoms with Crippen molar-refractivity contribution >= 4 is 40.4 Å². The highest BCUT2D eigenvalue weighted by molar-refractivity contribution is 7.00. The lowest BCUT2D eigenvalue weighted by atomic mass is 10.2. The molecule has 0 spiro atoms. The molecule has 2 aromatic carbocycles. The third-order valence-corrected chi connectivity index (χ3v) is 3.39. The molecule has 0 aliphatic carbocycles. The van der Waals surface area contributed by atoms with Crippen molar-refractivity contribution in [1.29, 1.82) is 0 Å². The molecule has 1 aromatic heterocycles. The van der Waals surface area contributed by atoms with Gasteiger partial charge in [-0.15, -0.1) is 0 Å². The molecule has 1 N–H and O–H groups in total. The Morgan fingerprint density at radius 2 is 2.05 bits per heavy atom. The van der Waals surface area contributed by atoms with Crippen LogP contribution in [0.1, 0.15) is 5.56 Å². The number of nitrogens with zero attached hydrogens (tertiary/aromatic N) is 4. The van der Waals surface area contributed by atoms with Crippen LogP contribution in [0.4, 0.5) is 11.4 Å². The summed E-state index contributed by atoms with van der Waals surface area (Å²) in [7, 11) is 0. The second-order valence-corrected chi connectivity index (χ2v) is 4.67. The van der Waals surface area contributed by atoms with Gasteiger partial charge in [0.05, 0.1) is 22.3 Å². The van der Waals surface area contributed by atoms with Gasteiger partial charge in [-0.2, -0.15) is 8.75 Å². The highest BCUT2D eigenvalue weighted by Crippen LogP contribution is 2.29. The molecule has 3 aromatic rings. The molecule has 3 rings (SSSR count). The summed E-state index contributed by atoms with van der Waals surface area (Å²) < 4.78 is 8.25. The maximum atomic E-state index is 10.8. The summed E-state index contributed by atoms with van der Waals surface area (Å²) in [6.45, 7) is 0. The summed E-state index contributed by atoms with van der Waals surface area (Å²) in [5.41, 5.74) is 1.89. The number of para-hydroxylation sites is 1. The van der Waals surface area contributed by atoms with Gasteiger partial charge >= 0.3 is 5.69 Å². The number of rotatable bonds is 3. The molecule has 8 heteroatoms. The average Bonchev–Trinajstić information content (AvgIpc) is 2.95. The fourth-order valence-corrected chi connectivity index (χ4v) is 2.38. The van der Waals surface area contributed by atoms with E-state index in [1.54, 1.807) is 18.2 Å². The van der Waals surface area contributed by atoms with E-state index >= 15 is 0 Å². The zero-order valence-electron chi connectivity index (χ0n) is 10.5. The van der Waals surface area contributed by atoms with Gasteiger partial charge in [-0.1, -0.05) is 12.1 Å². The van der Waals surface area contributed by atoms with Crippen LogP contribution in [0.3, 0.4) is 0 Å². The van der Waals surface area contributed by atoms with E-state index in [-0.39, 0.29) is 11.3 Å². The van der Waals surface area contributed by atoms with E-state index in [1.807, 2.05) is 6.07 Å². The number of phenols is 1. The summed E-state index contributed by atoms with van der Waals surface area (Å²) in [5.74, 6) is -0.408. The van der Waals surface area contributed by atoms with Crippen LogP contribution in [0.5, 0.6) is 5.75 Å². The second kappa shape index (κ2) is 5.25. The third kappa shape index (κ3) is 2.43. The van der Waals surface area contributed by atoms with Crippen LogP contribution >= 0.6 is 11.7 Å². The molecule has 0 aliphatic heterocycles. The fraction of sp³-hybridized carbons (Fsp3) is 0. The molecular formula is C13H8N4O3S. The van der Waals surface area contributed by atoms with E-state index in [4.69, 9.17) is 0 Å². The van der Waals surface area contributed by atoms with Crippen molar-refractivity contribution in [2.45, 2.75) is 0 Å². The van der Waals surface area contributed by atoms with Crippen molar-refractivity contribution in [3.05, 3.63) is 52.1 Å². The van der Waals surface area contributed by atoms with Gasteiger partial charge in [-0.25, -0.2) is 0 Å². The minimum atomic E-state index is -0.641. The Bertz CT molecular complexity index is 859. The molecule has 7 nitrogen and oxygen atoms in total. The standard InChI is InChI=1S/C13H8N4O3S/c18-13-8(3-1-6-11(13)17(19)20)7-14-9-4-2-5-10-12(9)16-21-15-10/h1-7,18H. The molecule has 0 amide bonds. The number of fused-ring (bicyclic) bond motifs is 1. The van der Waals surface area contributed by atoms with Crippen LogP contribution in [-0.2, 0) is 0 Å². The lowest BCUT2D eigenvalue weighted by Crippen LogP contribution is -1.91. The van der Waals surface area contributed by atoms with Crippen LogP contribution in [-0.4, -0.2) is 25.0 Å². The van der Waals surface area contributed by atoms with Gasteiger partial charge in [-0.3, -0.25) is 15.1 Å². The predicted molar refractivity (Wildman–Crippen MR) is 79.4 cm³/mol. The number of hydrogen-bond donors (Lipinski definition) is 1. The Kier molecular flexibility index (Phi) is 3.28. The first-order valence-electron chi connectivity index (χ1n) is 5.88. The Hall–Kier alpha value is -2.87. The number of phenolic OH excluding ortho intramolecular Hbond substituents is 1. The van der Waals surface area contributed by atoms with E-state index in [1.165, 1.54) is 18.3 Å². The van der Waals surface area contributed by atoms with Crippen molar-refractivity contribution in [2.24, 2.45) is 4.99 Å². The Balaban J connectivity index is 2.02. The SMILES string of the molecule is O=[N+]([O-])c1cccc(C=Nc2cccc3nsnc23)c1O. The summed E-state index contributed by atoms with van der Waals surface area (Å²) in [6.07, 6.45) is 1.37. The third-order valence-electron chi connectivity index (χ3n) is 2.85. The highest BCUT2D eigenvalue weighted by Gasteiger charge is 2.15. The van der Waals surface area contributed by atoms with Crippen molar-refractivity contribution in [3.8, 4) is 5.75 Å². The molecule has 0 aliphatic rings. The van der Waals surface area contributed by atoms with Gasteiger partial charge in [0.25, 0.3) is 0 Å². The van der Waals surface area contributed by atoms with Gasteiger partial charge in [0, 0.05) is 17.8 Å². The molecule has 0 bridgehead atoms. The van der Waals surface area contributed by atoms with Gasteiger partial charge in [0.1, 0.15) is 11.0 Å². The van der Waals surface area contributed by atoms with E-state index < -0.39 is 10.7 Å².